The topological polar surface area (TPSA) is 25.2 Å². The van der Waals surface area contributed by atoms with E-state index >= 15 is 0 Å². The van der Waals surface area contributed by atoms with Crippen LogP contribution >= 0.6 is 11.8 Å². The normalized spacial score (nSPS) is 21.1. The molecule has 1 aliphatic rings. The first-order chi connectivity index (χ1) is 7.76. The molecule has 2 nitrogen and oxygen atoms in total. The van der Waals surface area contributed by atoms with E-state index in [9.17, 15) is 0 Å². The van der Waals surface area contributed by atoms with Crippen molar-refractivity contribution in [3.05, 3.63) is 24.2 Å². The molecule has 0 saturated heterocycles. The molecule has 1 atom stereocenters. The van der Waals surface area contributed by atoms with Gasteiger partial charge >= 0.3 is 0 Å². The molecule has 90 valence electrons. The third-order valence-corrected chi connectivity index (χ3v) is 5.14. The molecule has 0 radical (unpaired) electrons. The second-order valence-electron chi connectivity index (χ2n) is 4.75. The molecule has 1 fully saturated rings. The molecule has 0 spiro atoms. The monoisotopic (exact) mass is 239 g/mol. The fraction of sp³-hybridized carbons (Fsp3) is 0.692. The number of nitrogens with one attached hydrogen (secondary N) is 1. The lowest BCUT2D eigenvalue weighted by Gasteiger charge is -2.28. The average Bonchev–Trinajstić information content (AvgIpc) is 2.98. The van der Waals surface area contributed by atoms with Gasteiger partial charge in [0.25, 0.3) is 0 Å². The summed E-state index contributed by atoms with van der Waals surface area (Å²) in [6.45, 7) is 3.31. The van der Waals surface area contributed by atoms with Crippen molar-refractivity contribution in [2.75, 3.05) is 12.8 Å². The van der Waals surface area contributed by atoms with Crippen LogP contribution in [0.4, 0.5) is 0 Å². The first-order valence-electron chi connectivity index (χ1n) is 6.06. The molecule has 3 heteroatoms. The van der Waals surface area contributed by atoms with E-state index in [1.807, 2.05) is 24.1 Å². The van der Waals surface area contributed by atoms with Crippen molar-refractivity contribution in [3.63, 3.8) is 0 Å². The number of rotatable bonds is 5. The Labute approximate surface area is 102 Å². The summed E-state index contributed by atoms with van der Waals surface area (Å²) in [6, 6.07) is 2.43. The van der Waals surface area contributed by atoms with Crippen LogP contribution in [0.15, 0.2) is 23.0 Å². The summed E-state index contributed by atoms with van der Waals surface area (Å²) in [5.74, 6) is 0. The quantitative estimate of drug-likeness (QED) is 0.850. The molecule has 0 aromatic carbocycles. The Morgan fingerprint density at radius 1 is 1.50 bits per heavy atom. The smallest absolute Gasteiger partial charge is 0.0950 e. The predicted octanol–water partition coefficient (Wildman–Crippen LogP) is 3.61. The highest BCUT2D eigenvalue weighted by Gasteiger charge is 2.32. The Bertz CT molecular complexity index is 304. The van der Waals surface area contributed by atoms with E-state index in [0.29, 0.717) is 10.8 Å². The largest absolute Gasteiger partial charge is 0.472 e. The molecular formula is C13H21NOS. The number of furan rings is 1. The zero-order chi connectivity index (χ0) is 11.4. The van der Waals surface area contributed by atoms with Gasteiger partial charge in [0.15, 0.2) is 0 Å². The van der Waals surface area contributed by atoms with Crippen LogP contribution in [0.25, 0.3) is 0 Å². The molecule has 1 aliphatic carbocycles. The van der Waals surface area contributed by atoms with E-state index in [1.54, 1.807) is 6.26 Å². The molecule has 0 bridgehead atoms. The molecule has 1 saturated carbocycles. The predicted molar refractivity (Wildman–Crippen MR) is 69.8 cm³/mol. The van der Waals surface area contributed by atoms with Crippen molar-refractivity contribution in [3.8, 4) is 0 Å². The third-order valence-electron chi connectivity index (χ3n) is 3.72. The second-order valence-corrected chi connectivity index (χ2v) is 6.03. The van der Waals surface area contributed by atoms with E-state index in [0.717, 1.165) is 6.54 Å². The summed E-state index contributed by atoms with van der Waals surface area (Å²) in [4.78, 5) is 0. The van der Waals surface area contributed by atoms with E-state index < -0.39 is 0 Å². The average molecular weight is 239 g/mol. The molecule has 1 heterocycles. The van der Waals surface area contributed by atoms with Gasteiger partial charge in [-0.2, -0.15) is 11.8 Å². The highest BCUT2D eigenvalue weighted by atomic mass is 32.2. The van der Waals surface area contributed by atoms with E-state index in [4.69, 9.17) is 4.42 Å². The Kier molecular flexibility index (Phi) is 3.98. The van der Waals surface area contributed by atoms with E-state index in [-0.39, 0.29) is 0 Å². The van der Waals surface area contributed by atoms with Gasteiger partial charge in [0.2, 0.25) is 0 Å². The number of thioether (sulfide) groups is 1. The van der Waals surface area contributed by atoms with Crippen molar-refractivity contribution in [1.82, 2.24) is 5.32 Å². The summed E-state index contributed by atoms with van der Waals surface area (Å²) in [6.07, 6.45) is 11.3. The number of hydrogen-bond acceptors (Lipinski definition) is 3. The van der Waals surface area contributed by atoms with Crippen molar-refractivity contribution in [1.29, 1.82) is 0 Å². The molecule has 0 aliphatic heterocycles. The van der Waals surface area contributed by atoms with Crippen molar-refractivity contribution in [2.24, 2.45) is 0 Å². The molecule has 0 amide bonds. The van der Waals surface area contributed by atoms with Gasteiger partial charge in [-0.15, -0.1) is 0 Å². The SMILES string of the molecule is CSC1(CNC(C)c2ccoc2)CCCC1. The van der Waals surface area contributed by atoms with Crippen LogP contribution in [0, 0.1) is 0 Å². The van der Waals surface area contributed by atoms with Crippen LogP contribution < -0.4 is 5.32 Å². The van der Waals surface area contributed by atoms with Crippen LogP contribution in [0.2, 0.25) is 0 Å². The van der Waals surface area contributed by atoms with Crippen LogP contribution in [0.3, 0.4) is 0 Å². The minimum atomic E-state index is 0.392. The maximum atomic E-state index is 5.11. The van der Waals surface area contributed by atoms with E-state index in [2.05, 4.69) is 18.5 Å². The lowest BCUT2D eigenvalue weighted by molar-refractivity contribution is 0.481. The zero-order valence-electron chi connectivity index (χ0n) is 10.2. The summed E-state index contributed by atoms with van der Waals surface area (Å²) in [5.41, 5.74) is 1.24. The van der Waals surface area contributed by atoms with Gasteiger partial charge in [-0.25, -0.2) is 0 Å². The van der Waals surface area contributed by atoms with Gasteiger partial charge in [-0.1, -0.05) is 12.8 Å². The minimum Gasteiger partial charge on any atom is -0.472 e. The van der Waals surface area contributed by atoms with Crippen LogP contribution in [-0.2, 0) is 0 Å². The Balaban J connectivity index is 1.86. The van der Waals surface area contributed by atoms with Gasteiger partial charge in [-0.3, -0.25) is 0 Å². The van der Waals surface area contributed by atoms with E-state index in [1.165, 1.54) is 31.2 Å². The Morgan fingerprint density at radius 2 is 2.25 bits per heavy atom. The lowest BCUT2D eigenvalue weighted by Crippen LogP contribution is -2.36. The lowest BCUT2D eigenvalue weighted by atomic mass is 10.1. The van der Waals surface area contributed by atoms with Crippen molar-refractivity contribution >= 4 is 11.8 Å². The Morgan fingerprint density at radius 3 is 2.81 bits per heavy atom. The van der Waals surface area contributed by atoms with Crippen LogP contribution in [-0.4, -0.2) is 17.5 Å². The van der Waals surface area contributed by atoms with Gasteiger partial charge in [0.05, 0.1) is 12.5 Å². The number of hydrogen-bond donors (Lipinski definition) is 1. The van der Waals surface area contributed by atoms with Gasteiger partial charge < -0.3 is 9.73 Å². The van der Waals surface area contributed by atoms with Crippen molar-refractivity contribution < 1.29 is 4.42 Å². The highest BCUT2D eigenvalue weighted by Crippen LogP contribution is 2.39. The molecule has 1 aromatic rings. The summed E-state index contributed by atoms with van der Waals surface area (Å²) >= 11 is 2.03. The molecule has 1 aromatic heterocycles. The first kappa shape index (κ1) is 12.1. The summed E-state index contributed by atoms with van der Waals surface area (Å²) < 4.78 is 5.60. The van der Waals surface area contributed by atoms with Crippen LogP contribution in [0.1, 0.15) is 44.2 Å². The Hall–Kier alpha value is -0.410. The second kappa shape index (κ2) is 5.28. The molecule has 1 unspecified atom stereocenters. The highest BCUT2D eigenvalue weighted by molar-refractivity contribution is 8.00. The van der Waals surface area contributed by atoms with Gasteiger partial charge in [-0.05, 0) is 32.1 Å². The molecule has 1 N–H and O–H groups in total. The van der Waals surface area contributed by atoms with Gasteiger partial charge in [0, 0.05) is 22.9 Å². The molecule has 2 rings (SSSR count). The third kappa shape index (κ3) is 2.64. The minimum absolute atomic E-state index is 0.392. The fourth-order valence-corrected chi connectivity index (χ4v) is 3.38. The molecular weight excluding hydrogens is 218 g/mol. The summed E-state index contributed by atoms with van der Waals surface area (Å²) in [7, 11) is 0. The maximum absolute atomic E-state index is 5.11. The first-order valence-corrected chi connectivity index (χ1v) is 7.29. The maximum Gasteiger partial charge on any atom is 0.0950 e. The molecule has 16 heavy (non-hydrogen) atoms. The van der Waals surface area contributed by atoms with Crippen molar-refractivity contribution in [2.45, 2.75) is 43.4 Å². The standard InChI is InChI=1S/C13H21NOS/c1-11(12-5-8-15-9-12)14-10-13(16-2)6-3-4-7-13/h5,8-9,11,14H,3-4,6-7,10H2,1-2H3. The zero-order valence-corrected chi connectivity index (χ0v) is 11.0. The van der Waals surface area contributed by atoms with Crippen LogP contribution in [0.5, 0.6) is 0 Å². The fourth-order valence-electron chi connectivity index (χ4n) is 2.45. The summed E-state index contributed by atoms with van der Waals surface area (Å²) in [5, 5.41) is 3.64. The van der Waals surface area contributed by atoms with Gasteiger partial charge in [0.1, 0.15) is 0 Å².